The maximum absolute atomic E-state index is 16.5. The molecule has 7 rings (SSSR count). The first-order valence-electron chi connectivity index (χ1n) is 15.7. The molecule has 5 aromatic rings. The van der Waals surface area contributed by atoms with Crippen LogP contribution in [0.3, 0.4) is 0 Å². The molecule has 0 radical (unpaired) electrons. The SMILES string of the molecule is COc1nc(NC(C)c2cccnc2N)c2c(OC)nc(-c3c(C(F)(F)F)c(C)cc4c3cnn4PI)c(F)c2n1.FC1CC2CCCN2C1. The normalized spacial score (nSPS) is 18.4. The van der Waals surface area contributed by atoms with E-state index in [1.807, 2.05) is 0 Å². The molecule has 0 amide bonds. The van der Waals surface area contributed by atoms with Crippen molar-refractivity contribution in [2.75, 3.05) is 38.4 Å². The Hall–Kier alpha value is -3.70. The van der Waals surface area contributed by atoms with Crippen LogP contribution >= 0.6 is 28.4 Å². The van der Waals surface area contributed by atoms with Crippen molar-refractivity contribution < 1.29 is 31.4 Å². The molecular weight excluding hydrogens is 795 g/mol. The van der Waals surface area contributed by atoms with Gasteiger partial charge in [0.25, 0.3) is 0 Å². The second kappa shape index (κ2) is 14.5. The van der Waals surface area contributed by atoms with Crippen LogP contribution in [-0.2, 0) is 6.18 Å². The van der Waals surface area contributed by atoms with E-state index in [0.29, 0.717) is 23.7 Å². The molecule has 2 aliphatic heterocycles. The Bertz CT molecular complexity index is 2040. The molecule has 6 heterocycles. The highest BCUT2D eigenvalue weighted by Crippen LogP contribution is 2.47. The summed E-state index contributed by atoms with van der Waals surface area (Å²) in [5.41, 5.74) is 4.51. The predicted octanol–water partition coefficient (Wildman–Crippen LogP) is 7.66. The van der Waals surface area contributed by atoms with Gasteiger partial charge >= 0.3 is 12.2 Å². The summed E-state index contributed by atoms with van der Waals surface area (Å²) < 4.78 is 84.8. The lowest BCUT2D eigenvalue weighted by Crippen LogP contribution is -2.22. The lowest BCUT2D eigenvalue weighted by atomic mass is 9.94. The van der Waals surface area contributed by atoms with Crippen LogP contribution in [0.4, 0.5) is 33.6 Å². The van der Waals surface area contributed by atoms with Gasteiger partial charge in [-0.1, -0.05) is 6.07 Å². The van der Waals surface area contributed by atoms with Gasteiger partial charge in [-0.05, 0) is 79.4 Å². The highest BCUT2D eigenvalue weighted by molar-refractivity contribution is 14.2. The summed E-state index contributed by atoms with van der Waals surface area (Å²) >= 11 is 2.06. The molecule has 50 heavy (non-hydrogen) atoms. The highest BCUT2D eigenvalue weighted by atomic mass is 127. The number of alkyl halides is 4. The molecule has 11 nitrogen and oxygen atoms in total. The van der Waals surface area contributed by atoms with Crippen LogP contribution < -0.4 is 20.5 Å². The quantitative estimate of drug-likeness (QED) is 0.0959. The molecule has 4 unspecified atom stereocenters. The van der Waals surface area contributed by atoms with E-state index in [2.05, 4.69) is 57.3 Å². The van der Waals surface area contributed by atoms with Gasteiger partial charge in [0.2, 0.25) is 5.88 Å². The average Bonchev–Trinajstić information content (AvgIpc) is 3.79. The van der Waals surface area contributed by atoms with Crippen molar-refractivity contribution in [1.82, 2.24) is 34.4 Å². The van der Waals surface area contributed by atoms with E-state index in [9.17, 15) is 17.6 Å². The molecule has 2 saturated heterocycles. The number of ether oxygens (including phenoxy) is 2. The molecule has 18 heteroatoms. The Morgan fingerprint density at radius 3 is 2.62 bits per heavy atom. The summed E-state index contributed by atoms with van der Waals surface area (Å²) in [7, 11) is 2.56. The van der Waals surface area contributed by atoms with Crippen molar-refractivity contribution in [3.8, 4) is 23.1 Å². The van der Waals surface area contributed by atoms with E-state index >= 15 is 4.39 Å². The number of benzene rings is 1. The zero-order chi connectivity index (χ0) is 35.9. The number of methoxy groups -OCH3 is 2. The summed E-state index contributed by atoms with van der Waals surface area (Å²) in [5.74, 6) is -0.965. The predicted molar refractivity (Wildman–Crippen MR) is 191 cm³/mol. The number of nitrogens with zero attached hydrogens (tertiary/aromatic N) is 7. The maximum atomic E-state index is 16.5. The number of anilines is 2. The summed E-state index contributed by atoms with van der Waals surface area (Å²) in [6.07, 6.45) is 0.902. The summed E-state index contributed by atoms with van der Waals surface area (Å²) in [6.45, 7) is 4.95. The third-order valence-electron chi connectivity index (χ3n) is 8.93. The molecule has 4 aromatic heterocycles. The topological polar surface area (TPSA) is 129 Å². The van der Waals surface area contributed by atoms with Crippen molar-refractivity contribution in [2.24, 2.45) is 0 Å². The van der Waals surface area contributed by atoms with E-state index in [0.717, 1.165) is 13.0 Å². The number of hydrogen-bond donors (Lipinski definition) is 2. The molecule has 4 atom stereocenters. The van der Waals surface area contributed by atoms with Gasteiger partial charge in [-0.2, -0.15) is 28.2 Å². The molecular formula is C32H34F5IN9O2P. The minimum Gasteiger partial charge on any atom is -0.480 e. The standard InChI is InChI=1S/C25H22F4IN8O2P.C7H12FN/c1-10-8-14-13(9-33-38(14)41-30)15(17(10)25(27,28)29)19-18(26)20-16(23(35-19)39-3)22(37-24(36-20)40-4)34-11(2)12-6-5-7-32-21(12)31;8-6-4-7-2-1-3-9(7)5-6/h5-9,11,41H,1-4H3,(H2,31,32)(H,34,36,37);6-7H,1-5H2. The Kier molecular flexibility index (Phi) is 10.5. The highest BCUT2D eigenvalue weighted by Gasteiger charge is 2.39. The fourth-order valence-electron chi connectivity index (χ4n) is 6.71. The number of aromatic nitrogens is 6. The molecule has 0 saturated carbocycles. The Morgan fingerprint density at radius 2 is 1.96 bits per heavy atom. The smallest absolute Gasteiger partial charge is 0.417 e. The van der Waals surface area contributed by atoms with Gasteiger partial charge in [-0.25, -0.2) is 23.2 Å². The van der Waals surface area contributed by atoms with Crippen LogP contribution in [0.1, 0.15) is 48.9 Å². The number of nitrogen functional groups attached to an aromatic ring is 1. The summed E-state index contributed by atoms with van der Waals surface area (Å²) in [6, 6.07) is 4.75. The third-order valence-corrected chi connectivity index (χ3v) is 10.8. The van der Waals surface area contributed by atoms with E-state index in [1.54, 1.807) is 29.7 Å². The van der Waals surface area contributed by atoms with Gasteiger partial charge < -0.3 is 20.5 Å². The molecule has 1 aromatic carbocycles. The minimum absolute atomic E-state index is 0.00533. The molecule has 266 valence electrons. The number of hydrogen-bond acceptors (Lipinski definition) is 10. The molecule has 2 fully saturated rings. The number of nitrogens with one attached hydrogen (secondary N) is 1. The van der Waals surface area contributed by atoms with E-state index in [1.165, 1.54) is 46.2 Å². The number of nitrogens with two attached hydrogens (primary N) is 1. The fraction of sp³-hybridized carbons (Fsp3) is 0.406. The average molecular weight is 830 g/mol. The maximum Gasteiger partial charge on any atom is 0.417 e. The summed E-state index contributed by atoms with van der Waals surface area (Å²) in [4.78, 5) is 19.1. The Balaban J connectivity index is 0.000000412. The lowest BCUT2D eigenvalue weighted by Gasteiger charge is -2.21. The van der Waals surface area contributed by atoms with Gasteiger partial charge in [0.05, 0.1) is 43.9 Å². The van der Waals surface area contributed by atoms with E-state index in [-0.39, 0.29) is 51.8 Å². The fourth-order valence-corrected chi connectivity index (χ4v) is 8.24. The van der Waals surface area contributed by atoms with Crippen molar-refractivity contribution in [3.05, 3.63) is 53.1 Å². The van der Waals surface area contributed by atoms with Crippen molar-refractivity contribution >= 4 is 61.9 Å². The second-order valence-corrected chi connectivity index (χ2v) is 14.1. The Morgan fingerprint density at radius 1 is 1.18 bits per heavy atom. The first-order valence-corrected chi connectivity index (χ1v) is 19.7. The number of fused-ring (bicyclic) bond motifs is 3. The van der Waals surface area contributed by atoms with Crippen LogP contribution in [0.5, 0.6) is 11.9 Å². The molecule has 0 spiro atoms. The van der Waals surface area contributed by atoms with Crippen LogP contribution in [0, 0.1) is 12.7 Å². The van der Waals surface area contributed by atoms with E-state index < -0.39 is 41.0 Å². The zero-order valence-corrected chi connectivity index (χ0v) is 30.6. The first kappa shape index (κ1) is 36.1. The number of rotatable bonds is 7. The van der Waals surface area contributed by atoms with Crippen LogP contribution in [0.15, 0.2) is 30.6 Å². The molecule has 0 bridgehead atoms. The number of aryl methyl sites for hydroxylation is 1. The molecule has 3 N–H and O–H groups in total. The lowest BCUT2D eigenvalue weighted by molar-refractivity contribution is -0.137. The largest absolute Gasteiger partial charge is 0.480 e. The molecule has 2 aliphatic rings. The number of halogens is 6. The second-order valence-electron chi connectivity index (χ2n) is 12.0. The minimum atomic E-state index is -4.83. The van der Waals surface area contributed by atoms with Gasteiger partial charge in [-0.3, -0.25) is 4.90 Å². The van der Waals surface area contributed by atoms with Crippen LogP contribution in [-0.4, -0.2) is 73.9 Å². The van der Waals surface area contributed by atoms with Crippen molar-refractivity contribution in [3.63, 3.8) is 0 Å². The van der Waals surface area contributed by atoms with Crippen molar-refractivity contribution in [2.45, 2.75) is 57.5 Å². The van der Waals surface area contributed by atoms with Gasteiger partial charge in [0.1, 0.15) is 34.4 Å². The van der Waals surface area contributed by atoms with Crippen molar-refractivity contribution in [1.29, 1.82) is 0 Å². The molecule has 0 aliphatic carbocycles. The summed E-state index contributed by atoms with van der Waals surface area (Å²) in [5, 5.41) is 7.43. The van der Waals surface area contributed by atoms with Gasteiger partial charge in [0.15, 0.2) is 5.82 Å². The number of pyridine rings is 2. The van der Waals surface area contributed by atoms with Gasteiger partial charge in [-0.15, -0.1) is 0 Å². The van der Waals surface area contributed by atoms with Crippen LogP contribution in [0.25, 0.3) is 33.1 Å². The van der Waals surface area contributed by atoms with Crippen LogP contribution in [0.2, 0.25) is 0 Å². The first-order chi connectivity index (χ1) is 23.9. The monoisotopic (exact) mass is 829 g/mol. The zero-order valence-electron chi connectivity index (χ0n) is 27.4. The van der Waals surface area contributed by atoms with E-state index in [4.69, 9.17) is 15.2 Å². The van der Waals surface area contributed by atoms with Gasteiger partial charge in [0, 0.05) is 35.3 Å². The third kappa shape index (κ3) is 6.83. The Labute approximate surface area is 298 Å².